The zero-order valence-electron chi connectivity index (χ0n) is 17.4. The molecule has 0 aliphatic carbocycles. The van der Waals surface area contributed by atoms with Gasteiger partial charge in [0.1, 0.15) is 5.82 Å². The van der Waals surface area contributed by atoms with Gasteiger partial charge in [-0.3, -0.25) is 9.80 Å². The number of hydrogen-bond donors (Lipinski definition) is 0. The molecule has 0 unspecified atom stereocenters. The van der Waals surface area contributed by atoms with Gasteiger partial charge >= 0.3 is 0 Å². The maximum absolute atomic E-state index is 14.3. The van der Waals surface area contributed by atoms with E-state index in [9.17, 15) is 4.39 Å². The number of benzene rings is 3. The highest BCUT2D eigenvalue weighted by atomic mass is 19.1. The van der Waals surface area contributed by atoms with Crippen molar-refractivity contribution < 1.29 is 4.39 Å². The third-order valence-electron chi connectivity index (χ3n) is 6.86. The molecule has 0 amide bonds. The minimum absolute atomic E-state index is 0.0390. The molecule has 0 bridgehead atoms. The maximum Gasteiger partial charge on any atom is 0.127 e. The molecule has 2 aliphatic rings. The van der Waals surface area contributed by atoms with Crippen LogP contribution in [0.25, 0.3) is 0 Å². The first-order chi connectivity index (χ1) is 14.8. The van der Waals surface area contributed by atoms with E-state index in [-0.39, 0.29) is 5.82 Å². The summed E-state index contributed by atoms with van der Waals surface area (Å²) in [7, 11) is 0. The average Bonchev–Trinajstić information content (AvgIpc) is 2.81. The van der Waals surface area contributed by atoms with Gasteiger partial charge in [0.25, 0.3) is 0 Å². The standard InChI is InChI=1S/C27H29FN2/c28-26-13-7-12-21-14-17-30(20-25(21)26)24-15-18-29(19-16-24)27(22-8-3-1-4-9-22)23-10-5-2-6-11-23/h1-13,24,27H,14-20H2. The highest BCUT2D eigenvalue weighted by molar-refractivity contribution is 5.32. The second kappa shape index (κ2) is 8.71. The number of piperidine rings is 1. The Hall–Kier alpha value is -2.49. The number of hydrogen-bond acceptors (Lipinski definition) is 2. The van der Waals surface area contributed by atoms with Crippen LogP contribution in [0.5, 0.6) is 0 Å². The molecule has 0 saturated carbocycles. The summed E-state index contributed by atoms with van der Waals surface area (Å²) in [5.74, 6) is -0.0390. The topological polar surface area (TPSA) is 6.48 Å². The Bertz CT molecular complexity index is 925. The molecular weight excluding hydrogens is 371 g/mol. The molecule has 154 valence electrons. The first-order valence-electron chi connectivity index (χ1n) is 11.1. The summed E-state index contributed by atoms with van der Waals surface area (Å²) in [4.78, 5) is 5.14. The van der Waals surface area contributed by atoms with Crippen molar-refractivity contribution in [1.29, 1.82) is 0 Å². The minimum Gasteiger partial charge on any atom is -0.296 e. The van der Waals surface area contributed by atoms with Crippen LogP contribution in [0, 0.1) is 5.82 Å². The summed E-state index contributed by atoms with van der Waals surface area (Å²) in [6.45, 7) is 3.94. The summed E-state index contributed by atoms with van der Waals surface area (Å²) in [5, 5.41) is 0. The van der Waals surface area contributed by atoms with Gasteiger partial charge in [-0.05, 0) is 42.0 Å². The summed E-state index contributed by atoms with van der Waals surface area (Å²) in [6, 6.07) is 28.1. The van der Waals surface area contributed by atoms with E-state index in [1.54, 1.807) is 6.07 Å². The second-order valence-electron chi connectivity index (χ2n) is 8.59. The molecular formula is C27H29FN2. The fourth-order valence-corrected chi connectivity index (χ4v) is 5.27. The van der Waals surface area contributed by atoms with Crippen LogP contribution >= 0.6 is 0 Å². The number of rotatable bonds is 4. The quantitative estimate of drug-likeness (QED) is 0.576. The van der Waals surface area contributed by atoms with E-state index in [0.29, 0.717) is 12.1 Å². The van der Waals surface area contributed by atoms with Crippen molar-refractivity contribution in [2.75, 3.05) is 19.6 Å². The minimum atomic E-state index is -0.0390. The normalized spacial score (nSPS) is 18.5. The Morgan fingerprint density at radius 3 is 2.00 bits per heavy atom. The lowest BCUT2D eigenvalue weighted by Gasteiger charge is -2.43. The van der Waals surface area contributed by atoms with Gasteiger partial charge in [-0.25, -0.2) is 4.39 Å². The highest BCUT2D eigenvalue weighted by Crippen LogP contribution is 2.33. The van der Waals surface area contributed by atoms with Gasteiger partial charge in [-0.15, -0.1) is 0 Å². The summed E-state index contributed by atoms with van der Waals surface area (Å²) in [6.07, 6.45) is 3.24. The molecule has 0 spiro atoms. The molecule has 2 nitrogen and oxygen atoms in total. The van der Waals surface area contributed by atoms with Crippen LogP contribution in [0.15, 0.2) is 78.9 Å². The lowest BCUT2D eigenvalue weighted by atomic mass is 9.92. The number of halogens is 1. The number of likely N-dealkylation sites (tertiary alicyclic amines) is 1. The van der Waals surface area contributed by atoms with Crippen molar-refractivity contribution in [3.8, 4) is 0 Å². The van der Waals surface area contributed by atoms with Crippen LogP contribution in [0.3, 0.4) is 0 Å². The predicted octanol–water partition coefficient (Wildman–Crippen LogP) is 5.44. The van der Waals surface area contributed by atoms with Crippen LogP contribution < -0.4 is 0 Å². The summed E-state index contributed by atoms with van der Waals surface area (Å²) < 4.78 is 14.3. The Labute approximate surface area is 179 Å². The summed E-state index contributed by atoms with van der Waals surface area (Å²) >= 11 is 0. The maximum atomic E-state index is 14.3. The van der Waals surface area contributed by atoms with Crippen molar-refractivity contribution in [3.05, 3.63) is 107 Å². The van der Waals surface area contributed by atoms with Crippen molar-refractivity contribution in [1.82, 2.24) is 9.80 Å². The SMILES string of the molecule is Fc1cccc2c1CN(C1CCN(C(c3ccccc3)c3ccccc3)CC1)CC2. The molecule has 1 fully saturated rings. The van der Waals surface area contributed by atoms with Crippen LogP contribution in [0.1, 0.15) is 41.1 Å². The van der Waals surface area contributed by atoms with E-state index in [2.05, 4.69) is 76.5 Å². The van der Waals surface area contributed by atoms with Crippen LogP contribution in [-0.2, 0) is 13.0 Å². The smallest absolute Gasteiger partial charge is 0.127 e. The van der Waals surface area contributed by atoms with Gasteiger partial charge in [0.2, 0.25) is 0 Å². The van der Waals surface area contributed by atoms with Gasteiger partial charge in [0.15, 0.2) is 0 Å². The van der Waals surface area contributed by atoms with Crippen molar-refractivity contribution in [3.63, 3.8) is 0 Å². The Kier molecular flexibility index (Phi) is 5.65. The summed E-state index contributed by atoms with van der Waals surface area (Å²) in [5.41, 5.74) is 4.82. The van der Waals surface area contributed by atoms with E-state index in [1.807, 2.05) is 6.07 Å². The molecule has 2 aliphatic heterocycles. The van der Waals surface area contributed by atoms with E-state index in [1.165, 1.54) is 16.7 Å². The molecule has 5 rings (SSSR count). The van der Waals surface area contributed by atoms with E-state index >= 15 is 0 Å². The highest BCUT2D eigenvalue weighted by Gasteiger charge is 2.31. The predicted molar refractivity (Wildman–Crippen MR) is 120 cm³/mol. The molecule has 3 aromatic carbocycles. The second-order valence-corrected chi connectivity index (χ2v) is 8.59. The number of fused-ring (bicyclic) bond motifs is 1. The van der Waals surface area contributed by atoms with E-state index < -0.39 is 0 Å². The molecule has 3 heteroatoms. The van der Waals surface area contributed by atoms with Gasteiger partial charge in [0.05, 0.1) is 6.04 Å². The third kappa shape index (κ3) is 3.92. The Balaban J connectivity index is 1.30. The Morgan fingerprint density at radius 1 is 0.733 bits per heavy atom. The van der Waals surface area contributed by atoms with Gasteiger partial charge in [-0.2, -0.15) is 0 Å². The first kappa shape index (κ1) is 19.5. The van der Waals surface area contributed by atoms with E-state index in [0.717, 1.165) is 51.0 Å². The largest absolute Gasteiger partial charge is 0.296 e. The lowest BCUT2D eigenvalue weighted by molar-refractivity contribution is 0.0833. The van der Waals surface area contributed by atoms with Crippen LogP contribution in [0.2, 0.25) is 0 Å². The van der Waals surface area contributed by atoms with Crippen molar-refractivity contribution >= 4 is 0 Å². The van der Waals surface area contributed by atoms with Gasteiger partial charge in [-0.1, -0.05) is 72.8 Å². The molecule has 0 radical (unpaired) electrons. The van der Waals surface area contributed by atoms with Crippen LogP contribution in [-0.4, -0.2) is 35.5 Å². The molecule has 0 atom stereocenters. The fourth-order valence-electron chi connectivity index (χ4n) is 5.27. The van der Waals surface area contributed by atoms with Gasteiger partial charge in [0, 0.05) is 37.8 Å². The van der Waals surface area contributed by atoms with Crippen LogP contribution in [0.4, 0.5) is 4.39 Å². The molecule has 2 heterocycles. The molecule has 0 aromatic heterocycles. The average molecular weight is 401 g/mol. The Morgan fingerprint density at radius 2 is 1.37 bits per heavy atom. The van der Waals surface area contributed by atoms with Crippen molar-refractivity contribution in [2.24, 2.45) is 0 Å². The zero-order valence-corrected chi connectivity index (χ0v) is 17.4. The molecule has 3 aromatic rings. The fraction of sp³-hybridized carbons (Fsp3) is 0.333. The van der Waals surface area contributed by atoms with E-state index in [4.69, 9.17) is 0 Å². The van der Waals surface area contributed by atoms with Gasteiger partial charge < -0.3 is 0 Å². The molecule has 1 saturated heterocycles. The monoisotopic (exact) mass is 400 g/mol. The third-order valence-corrected chi connectivity index (χ3v) is 6.86. The molecule has 0 N–H and O–H groups in total. The van der Waals surface area contributed by atoms with Crippen molar-refractivity contribution in [2.45, 2.75) is 37.9 Å². The number of nitrogens with zero attached hydrogens (tertiary/aromatic N) is 2. The molecule has 30 heavy (non-hydrogen) atoms. The first-order valence-corrected chi connectivity index (χ1v) is 11.1. The zero-order chi connectivity index (χ0) is 20.3. The lowest BCUT2D eigenvalue weighted by Crippen LogP contribution is -2.47.